The molecule has 4 aromatic heterocycles. The SMILES string of the molecule is CN(C)CC(N)c1cc(F)cc(-c2nccc3[nH]c(-c4n[nH]c5ccc(-c6cn[nH]c6)cc45)nc23)c1. The van der Waals surface area contributed by atoms with Gasteiger partial charge in [0.25, 0.3) is 0 Å². The zero-order chi connectivity index (χ0) is 24.8. The molecule has 0 aliphatic rings. The quantitative estimate of drug-likeness (QED) is 0.281. The maximum absolute atomic E-state index is 14.6. The van der Waals surface area contributed by atoms with Crippen molar-refractivity contribution in [1.82, 2.24) is 40.2 Å². The maximum atomic E-state index is 14.6. The second-order valence-corrected chi connectivity index (χ2v) is 9.10. The minimum Gasteiger partial charge on any atom is -0.336 e. The van der Waals surface area contributed by atoms with E-state index in [1.54, 1.807) is 12.4 Å². The number of nitrogens with zero attached hydrogens (tertiary/aromatic N) is 5. The van der Waals surface area contributed by atoms with Gasteiger partial charge in [-0.25, -0.2) is 9.37 Å². The number of hydrogen-bond donors (Lipinski definition) is 4. The fourth-order valence-corrected chi connectivity index (χ4v) is 4.50. The van der Waals surface area contributed by atoms with Gasteiger partial charge in [0, 0.05) is 41.5 Å². The molecule has 10 heteroatoms. The van der Waals surface area contributed by atoms with Gasteiger partial charge in [-0.2, -0.15) is 10.2 Å². The van der Waals surface area contributed by atoms with Gasteiger partial charge in [-0.15, -0.1) is 0 Å². The van der Waals surface area contributed by atoms with Gasteiger partial charge in [0.2, 0.25) is 0 Å². The smallest absolute Gasteiger partial charge is 0.159 e. The molecule has 180 valence electrons. The number of fused-ring (bicyclic) bond motifs is 2. The molecule has 0 aliphatic carbocycles. The van der Waals surface area contributed by atoms with E-state index in [4.69, 9.17) is 10.7 Å². The highest BCUT2D eigenvalue weighted by Gasteiger charge is 2.18. The number of nitrogens with two attached hydrogens (primary N) is 1. The van der Waals surface area contributed by atoms with E-state index in [-0.39, 0.29) is 11.9 Å². The van der Waals surface area contributed by atoms with Crippen LogP contribution in [0.15, 0.2) is 61.1 Å². The van der Waals surface area contributed by atoms with Crippen molar-refractivity contribution in [1.29, 1.82) is 0 Å². The number of aromatic nitrogens is 7. The number of pyridine rings is 1. The van der Waals surface area contributed by atoms with Crippen molar-refractivity contribution < 1.29 is 4.39 Å². The molecule has 2 aromatic carbocycles. The van der Waals surface area contributed by atoms with Crippen LogP contribution in [-0.2, 0) is 0 Å². The molecule has 0 bridgehead atoms. The topological polar surface area (TPSA) is 128 Å². The summed E-state index contributed by atoms with van der Waals surface area (Å²) >= 11 is 0. The summed E-state index contributed by atoms with van der Waals surface area (Å²) in [6.45, 7) is 0.597. The lowest BCUT2D eigenvalue weighted by atomic mass is 10.0. The molecule has 0 saturated carbocycles. The first kappa shape index (κ1) is 22.1. The Labute approximate surface area is 205 Å². The van der Waals surface area contributed by atoms with E-state index in [1.807, 2.05) is 49.5 Å². The van der Waals surface area contributed by atoms with E-state index >= 15 is 0 Å². The van der Waals surface area contributed by atoms with Crippen LogP contribution in [0, 0.1) is 5.82 Å². The number of aromatic amines is 3. The zero-order valence-electron chi connectivity index (χ0n) is 19.7. The average Bonchev–Trinajstić information content (AvgIpc) is 3.61. The Morgan fingerprint density at radius 3 is 2.69 bits per heavy atom. The lowest BCUT2D eigenvalue weighted by Crippen LogP contribution is -2.26. The monoisotopic (exact) mass is 481 g/mol. The Hall–Kier alpha value is -4.41. The van der Waals surface area contributed by atoms with Gasteiger partial charge in [-0.05, 0) is 61.6 Å². The second-order valence-electron chi connectivity index (χ2n) is 9.10. The van der Waals surface area contributed by atoms with Crippen molar-refractivity contribution in [2.75, 3.05) is 20.6 Å². The molecule has 0 amide bonds. The largest absolute Gasteiger partial charge is 0.336 e. The summed E-state index contributed by atoms with van der Waals surface area (Å²) in [4.78, 5) is 14.7. The Bertz CT molecular complexity index is 1680. The first-order valence-corrected chi connectivity index (χ1v) is 11.5. The van der Waals surface area contributed by atoms with Crippen LogP contribution in [0.25, 0.3) is 55.8 Å². The number of nitrogens with one attached hydrogen (secondary N) is 3. The number of benzene rings is 2. The number of rotatable bonds is 6. The fraction of sp³-hybridized carbons (Fsp3) is 0.154. The molecule has 0 saturated heterocycles. The van der Waals surface area contributed by atoms with E-state index in [0.29, 0.717) is 40.4 Å². The highest BCUT2D eigenvalue weighted by atomic mass is 19.1. The van der Waals surface area contributed by atoms with E-state index < -0.39 is 0 Å². The van der Waals surface area contributed by atoms with Crippen molar-refractivity contribution in [2.24, 2.45) is 5.73 Å². The van der Waals surface area contributed by atoms with Crippen LogP contribution in [0.2, 0.25) is 0 Å². The minimum atomic E-state index is -0.365. The van der Waals surface area contributed by atoms with E-state index in [1.165, 1.54) is 12.1 Å². The summed E-state index contributed by atoms with van der Waals surface area (Å²) in [7, 11) is 3.87. The summed E-state index contributed by atoms with van der Waals surface area (Å²) in [5.41, 5.74) is 13.2. The normalized spacial score (nSPS) is 12.7. The van der Waals surface area contributed by atoms with Gasteiger partial charge in [0.15, 0.2) is 5.82 Å². The summed E-state index contributed by atoms with van der Waals surface area (Å²) < 4.78 is 14.6. The standard InChI is InChI=1S/C26H24FN9/c1-36(2)13-20(28)15-7-16(9-18(27)8-15)23-25-22(5-6-29-23)32-26(33-25)24-19-10-14(17-11-30-31-12-17)3-4-21(19)34-35-24/h3-12,20H,13,28H2,1-2H3,(H,30,31)(H,32,33)(H,34,35). The third-order valence-electron chi connectivity index (χ3n) is 6.20. The summed E-state index contributed by atoms with van der Waals surface area (Å²) in [6, 6.07) is 12.4. The number of H-pyrrole nitrogens is 3. The molecule has 5 N–H and O–H groups in total. The van der Waals surface area contributed by atoms with Crippen LogP contribution in [0.1, 0.15) is 11.6 Å². The molecule has 4 heterocycles. The lowest BCUT2D eigenvalue weighted by molar-refractivity contribution is 0.376. The highest BCUT2D eigenvalue weighted by Crippen LogP contribution is 2.33. The third-order valence-corrected chi connectivity index (χ3v) is 6.20. The molecule has 6 aromatic rings. The Balaban J connectivity index is 1.45. The fourth-order valence-electron chi connectivity index (χ4n) is 4.50. The molecule has 9 nitrogen and oxygen atoms in total. The first-order chi connectivity index (χ1) is 17.5. The molecule has 0 spiro atoms. The van der Waals surface area contributed by atoms with Crippen LogP contribution in [0.5, 0.6) is 0 Å². The minimum absolute atomic E-state index is 0.330. The van der Waals surface area contributed by atoms with Gasteiger partial charge < -0.3 is 15.6 Å². The van der Waals surface area contributed by atoms with Crippen molar-refractivity contribution in [2.45, 2.75) is 6.04 Å². The molecule has 0 fully saturated rings. The number of likely N-dealkylation sites (N-methyl/N-ethyl adjacent to an activating group) is 1. The van der Waals surface area contributed by atoms with Gasteiger partial charge in [0.05, 0.1) is 22.9 Å². The van der Waals surface area contributed by atoms with E-state index in [9.17, 15) is 4.39 Å². The molecule has 0 radical (unpaired) electrons. The van der Waals surface area contributed by atoms with Gasteiger partial charge in [0.1, 0.15) is 17.0 Å². The molecule has 1 atom stereocenters. The summed E-state index contributed by atoms with van der Waals surface area (Å²) in [5.74, 6) is 0.229. The molecular weight excluding hydrogens is 457 g/mol. The van der Waals surface area contributed by atoms with Crippen LogP contribution in [0.3, 0.4) is 0 Å². The van der Waals surface area contributed by atoms with Crippen LogP contribution < -0.4 is 5.73 Å². The zero-order valence-corrected chi connectivity index (χ0v) is 19.7. The lowest BCUT2D eigenvalue weighted by Gasteiger charge is -2.18. The first-order valence-electron chi connectivity index (χ1n) is 11.5. The predicted octanol–water partition coefficient (Wildman–Crippen LogP) is 4.26. The van der Waals surface area contributed by atoms with Crippen LogP contribution >= 0.6 is 0 Å². The summed E-state index contributed by atoms with van der Waals surface area (Å²) in [6.07, 6.45) is 5.30. The molecule has 6 rings (SSSR count). The average molecular weight is 482 g/mol. The molecule has 36 heavy (non-hydrogen) atoms. The van der Waals surface area contributed by atoms with Crippen molar-refractivity contribution in [3.05, 3.63) is 72.4 Å². The van der Waals surface area contributed by atoms with Gasteiger partial charge in [-0.3, -0.25) is 15.2 Å². The number of imidazole rings is 1. The highest BCUT2D eigenvalue weighted by molar-refractivity contribution is 5.97. The Kier molecular flexibility index (Phi) is 5.32. The number of hydrogen-bond acceptors (Lipinski definition) is 6. The molecule has 1 unspecified atom stereocenters. The number of halogens is 1. The molecular formula is C26H24FN9. The van der Waals surface area contributed by atoms with E-state index in [0.717, 1.165) is 27.5 Å². The van der Waals surface area contributed by atoms with E-state index in [2.05, 4.69) is 36.4 Å². The Morgan fingerprint density at radius 2 is 1.89 bits per heavy atom. The Morgan fingerprint density at radius 1 is 1.00 bits per heavy atom. The van der Waals surface area contributed by atoms with Crippen molar-refractivity contribution >= 4 is 21.9 Å². The van der Waals surface area contributed by atoms with Crippen LogP contribution in [0.4, 0.5) is 4.39 Å². The van der Waals surface area contributed by atoms with Crippen molar-refractivity contribution in [3.8, 4) is 33.9 Å². The van der Waals surface area contributed by atoms with Crippen LogP contribution in [-0.4, -0.2) is 60.9 Å². The molecule has 0 aliphatic heterocycles. The maximum Gasteiger partial charge on any atom is 0.159 e. The van der Waals surface area contributed by atoms with Crippen molar-refractivity contribution in [3.63, 3.8) is 0 Å². The van der Waals surface area contributed by atoms with Gasteiger partial charge >= 0.3 is 0 Å². The third kappa shape index (κ3) is 3.92. The van der Waals surface area contributed by atoms with Gasteiger partial charge in [-0.1, -0.05) is 6.07 Å². The summed E-state index contributed by atoms with van der Waals surface area (Å²) in [5, 5.41) is 15.4. The second kappa shape index (κ2) is 8.67. The predicted molar refractivity (Wildman–Crippen MR) is 137 cm³/mol.